The third-order valence-electron chi connectivity index (χ3n) is 3.47. The smallest absolute Gasteiger partial charge is 0.130 e. The molecule has 1 aromatic carbocycles. The molecule has 0 aliphatic heterocycles. The average molecular weight is 251 g/mol. The van der Waals surface area contributed by atoms with E-state index in [0.717, 1.165) is 24.1 Å². The van der Waals surface area contributed by atoms with Gasteiger partial charge in [-0.15, -0.1) is 0 Å². The third kappa shape index (κ3) is 4.09. The molecule has 0 radical (unpaired) electrons. The minimum Gasteiger partial charge on any atom is -0.310 e. The maximum Gasteiger partial charge on any atom is 0.130 e. The van der Waals surface area contributed by atoms with Crippen LogP contribution in [0.4, 0.5) is 4.39 Å². The molecule has 1 N–H and O–H groups in total. The summed E-state index contributed by atoms with van der Waals surface area (Å²) in [7, 11) is 0. The zero-order valence-corrected chi connectivity index (χ0v) is 12.1. The van der Waals surface area contributed by atoms with E-state index >= 15 is 0 Å². The van der Waals surface area contributed by atoms with Crippen molar-refractivity contribution in [3.63, 3.8) is 0 Å². The Hall–Kier alpha value is -0.890. The zero-order valence-electron chi connectivity index (χ0n) is 12.1. The fraction of sp³-hybridized carbons (Fsp3) is 0.625. The van der Waals surface area contributed by atoms with Crippen molar-refractivity contribution in [1.82, 2.24) is 5.32 Å². The molecule has 102 valence electrons. The van der Waals surface area contributed by atoms with Gasteiger partial charge in [0.2, 0.25) is 0 Å². The lowest BCUT2D eigenvalue weighted by Gasteiger charge is -2.23. The highest BCUT2D eigenvalue weighted by atomic mass is 19.1. The molecule has 0 aliphatic carbocycles. The molecule has 0 saturated carbocycles. The van der Waals surface area contributed by atoms with Crippen molar-refractivity contribution in [3.05, 3.63) is 35.1 Å². The SMILES string of the molecule is CCCC(C)CC(NCC)c1cccc(C)c1F. The maximum absolute atomic E-state index is 14.2. The minimum absolute atomic E-state index is 0.0489. The van der Waals surface area contributed by atoms with Crippen LogP contribution in [-0.2, 0) is 0 Å². The van der Waals surface area contributed by atoms with Gasteiger partial charge in [-0.1, -0.05) is 51.8 Å². The second-order valence-corrected chi connectivity index (χ2v) is 5.22. The van der Waals surface area contributed by atoms with E-state index in [-0.39, 0.29) is 11.9 Å². The topological polar surface area (TPSA) is 12.0 Å². The van der Waals surface area contributed by atoms with Gasteiger partial charge in [0, 0.05) is 11.6 Å². The van der Waals surface area contributed by atoms with Gasteiger partial charge in [0.05, 0.1) is 0 Å². The zero-order chi connectivity index (χ0) is 13.5. The number of hydrogen-bond acceptors (Lipinski definition) is 1. The van der Waals surface area contributed by atoms with E-state index in [1.807, 2.05) is 25.1 Å². The summed E-state index contributed by atoms with van der Waals surface area (Å²) in [6, 6.07) is 5.82. The summed E-state index contributed by atoms with van der Waals surface area (Å²) >= 11 is 0. The van der Waals surface area contributed by atoms with Crippen LogP contribution in [0.3, 0.4) is 0 Å². The lowest BCUT2D eigenvalue weighted by molar-refractivity contribution is 0.385. The van der Waals surface area contributed by atoms with Crippen LogP contribution in [0.5, 0.6) is 0 Å². The van der Waals surface area contributed by atoms with Crippen molar-refractivity contribution in [2.24, 2.45) is 5.92 Å². The molecule has 0 aromatic heterocycles. The van der Waals surface area contributed by atoms with Crippen molar-refractivity contribution < 1.29 is 4.39 Å². The van der Waals surface area contributed by atoms with E-state index in [9.17, 15) is 4.39 Å². The molecule has 0 bridgehead atoms. The number of nitrogens with one attached hydrogen (secondary N) is 1. The van der Waals surface area contributed by atoms with Gasteiger partial charge in [0.15, 0.2) is 0 Å². The summed E-state index contributed by atoms with van der Waals surface area (Å²) < 4.78 is 14.2. The van der Waals surface area contributed by atoms with Crippen LogP contribution in [0.25, 0.3) is 0 Å². The summed E-state index contributed by atoms with van der Waals surface area (Å²) in [5, 5.41) is 3.42. The Morgan fingerprint density at radius 3 is 2.61 bits per heavy atom. The Morgan fingerprint density at radius 1 is 1.28 bits per heavy atom. The first kappa shape index (κ1) is 15.2. The molecule has 0 fully saturated rings. The van der Waals surface area contributed by atoms with Gasteiger partial charge in [-0.05, 0) is 31.4 Å². The molecule has 0 aliphatic rings. The highest BCUT2D eigenvalue weighted by Crippen LogP contribution is 2.27. The summed E-state index contributed by atoms with van der Waals surface area (Å²) in [4.78, 5) is 0. The van der Waals surface area contributed by atoms with E-state index in [1.165, 1.54) is 12.8 Å². The Morgan fingerprint density at radius 2 is 2.00 bits per heavy atom. The van der Waals surface area contributed by atoms with Crippen LogP contribution in [0, 0.1) is 18.7 Å². The monoisotopic (exact) mass is 251 g/mol. The summed E-state index contributed by atoms with van der Waals surface area (Å²) in [5.74, 6) is 0.575. The summed E-state index contributed by atoms with van der Waals surface area (Å²) in [5.41, 5.74) is 1.55. The van der Waals surface area contributed by atoms with Crippen LogP contribution in [0.1, 0.15) is 57.2 Å². The Labute approximate surface area is 111 Å². The van der Waals surface area contributed by atoms with Crippen LogP contribution < -0.4 is 5.32 Å². The Balaban J connectivity index is 2.86. The van der Waals surface area contributed by atoms with Gasteiger partial charge in [0.25, 0.3) is 0 Å². The normalized spacial score (nSPS) is 14.5. The fourth-order valence-corrected chi connectivity index (χ4v) is 2.52. The number of halogens is 1. The lowest BCUT2D eigenvalue weighted by atomic mass is 9.92. The second kappa shape index (κ2) is 7.52. The maximum atomic E-state index is 14.2. The number of aryl methyl sites for hydroxylation is 1. The van der Waals surface area contributed by atoms with E-state index in [2.05, 4.69) is 26.1 Å². The van der Waals surface area contributed by atoms with E-state index in [4.69, 9.17) is 0 Å². The Kier molecular flexibility index (Phi) is 6.34. The van der Waals surface area contributed by atoms with Crippen LogP contribution in [0.2, 0.25) is 0 Å². The molecular weight excluding hydrogens is 225 g/mol. The van der Waals surface area contributed by atoms with Gasteiger partial charge < -0.3 is 5.32 Å². The van der Waals surface area contributed by atoms with Gasteiger partial charge in [-0.2, -0.15) is 0 Å². The molecule has 0 heterocycles. The fourth-order valence-electron chi connectivity index (χ4n) is 2.52. The number of rotatable bonds is 7. The quantitative estimate of drug-likeness (QED) is 0.746. The predicted octanol–water partition coefficient (Wildman–Crippen LogP) is 4.61. The molecule has 0 amide bonds. The summed E-state index contributed by atoms with van der Waals surface area (Å²) in [6.45, 7) is 9.23. The first-order valence-corrected chi connectivity index (χ1v) is 7.08. The lowest BCUT2D eigenvalue weighted by Crippen LogP contribution is -2.24. The van der Waals surface area contributed by atoms with Crippen molar-refractivity contribution in [3.8, 4) is 0 Å². The molecule has 1 rings (SSSR count). The van der Waals surface area contributed by atoms with E-state index in [0.29, 0.717) is 5.92 Å². The van der Waals surface area contributed by atoms with Gasteiger partial charge in [-0.25, -0.2) is 4.39 Å². The molecule has 2 atom stereocenters. The molecule has 1 nitrogen and oxygen atoms in total. The largest absolute Gasteiger partial charge is 0.310 e. The standard InChI is InChI=1S/C16H26FN/c1-5-8-12(3)11-15(18-6-2)14-10-7-9-13(4)16(14)17/h7,9-10,12,15,18H,5-6,8,11H2,1-4H3. The van der Waals surface area contributed by atoms with Gasteiger partial charge in [0.1, 0.15) is 5.82 Å². The first-order chi connectivity index (χ1) is 8.60. The molecular formula is C16H26FN. The van der Waals surface area contributed by atoms with E-state index < -0.39 is 0 Å². The number of benzene rings is 1. The van der Waals surface area contributed by atoms with Crippen molar-refractivity contribution in [1.29, 1.82) is 0 Å². The van der Waals surface area contributed by atoms with Crippen LogP contribution in [0.15, 0.2) is 18.2 Å². The summed E-state index contributed by atoms with van der Waals surface area (Å²) in [6.07, 6.45) is 3.40. The number of hydrogen-bond donors (Lipinski definition) is 1. The van der Waals surface area contributed by atoms with Crippen molar-refractivity contribution in [2.45, 2.75) is 53.0 Å². The van der Waals surface area contributed by atoms with Crippen LogP contribution in [-0.4, -0.2) is 6.54 Å². The predicted molar refractivity (Wildman–Crippen MR) is 76.2 cm³/mol. The first-order valence-electron chi connectivity index (χ1n) is 7.08. The highest BCUT2D eigenvalue weighted by Gasteiger charge is 2.18. The molecule has 0 saturated heterocycles. The molecule has 18 heavy (non-hydrogen) atoms. The third-order valence-corrected chi connectivity index (χ3v) is 3.47. The van der Waals surface area contributed by atoms with Crippen molar-refractivity contribution >= 4 is 0 Å². The van der Waals surface area contributed by atoms with Crippen molar-refractivity contribution in [2.75, 3.05) is 6.54 Å². The van der Waals surface area contributed by atoms with E-state index in [1.54, 1.807) is 0 Å². The molecule has 0 spiro atoms. The molecule has 2 unspecified atom stereocenters. The molecule has 1 aromatic rings. The average Bonchev–Trinajstić information content (AvgIpc) is 2.32. The molecule has 2 heteroatoms. The second-order valence-electron chi connectivity index (χ2n) is 5.22. The van der Waals surface area contributed by atoms with Gasteiger partial charge in [-0.3, -0.25) is 0 Å². The Bertz CT molecular complexity index is 362. The highest BCUT2D eigenvalue weighted by molar-refractivity contribution is 5.27. The minimum atomic E-state index is -0.0489. The van der Waals surface area contributed by atoms with Gasteiger partial charge >= 0.3 is 0 Å². The van der Waals surface area contributed by atoms with Crippen LogP contribution >= 0.6 is 0 Å².